The number of nitrogens with one attached hydrogen (secondary N) is 1. The molecule has 1 amide bonds. The van der Waals surface area contributed by atoms with Crippen LogP contribution in [0.5, 0.6) is 0 Å². The van der Waals surface area contributed by atoms with Gasteiger partial charge in [0.2, 0.25) is 5.91 Å². The fourth-order valence-electron chi connectivity index (χ4n) is 3.34. The first-order chi connectivity index (χ1) is 15.1. The van der Waals surface area contributed by atoms with Gasteiger partial charge in [0.25, 0.3) is 10.0 Å². The summed E-state index contributed by atoms with van der Waals surface area (Å²) in [6, 6.07) is 19.1. The zero-order chi connectivity index (χ0) is 23.5. The van der Waals surface area contributed by atoms with Gasteiger partial charge < -0.3 is 5.32 Å². The first kappa shape index (κ1) is 23.8. The van der Waals surface area contributed by atoms with Crippen LogP contribution >= 0.6 is 11.6 Å². The highest BCUT2D eigenvalue weighted by molar-refractivity contribution is 7.92. The van der Waals surface area contributed by atoms with Gasteiger partial charge in [-0.3, -0.25) is 9.10 Å². The third kappa shape index (κ3) is 5.50. The van der Waals surface area contributed by atoms with E-state index in [9.17, 15) is 13.2 Å². The summed E-state index contributed by atoms with van der Waals surface area (Å²) in [6.45, 7) is 7.17. The van der Waals surface area contributed by atoms with Gasteiger partial charge in [-0.2, -0.15) is 0 Å². The molecular formula is C25H27ClN2O3S. The molecule has 0 radical (unpaired) electrons. The van der Waals surface area contributed by atoms with E-state index in [4.69, 9.17) is 11.6 Å². The van der Waals surface area contributed by atoms with Gasteiger partial charge >= 0.3 is 0 Å². The number of sulfonamides is 1. The van der Waals surface area contributed by atoms with E-state index in [1.165, 1.54) is 0 Å². The molecule has 0 unspecified atom stereocenters. The van der Waals surface area contributed by atoms with Crippen molar-refractivity contribution in [2.45, 2.75) is 38.6 Å². The number of hydrogen-bond donors (Lipinski definition) is 1. The molecule has 32 heavy (non-hydrogen) atoms. The molecule has 3 rings (SSSR count). The van der Waals surface area contributed by atoms with Crippen molar-refractivity contribution in [1.82, 2.24) is 5.32 Å². The molecule has 3 aromatic carbocycles. The summed E-state index contributed by atoms with van der Waals surface area (Å²) >= 11 is 6.17. The Kier molecular flexibility index (Phi) is 7.26. The molecule has 0 heterocycles. The minimum atomic E-state index is -4.00. The number of nitrogens with zero attached hydrogens (tertiary/aromatic N) is 1. The van der Waals surface area contributed by atoms with E-state index < -0.39 is 15.9 Å². The van der Waals surface area contributed by atoms with E-state index >= 15 is 0 Å². The third-order valence-corrected chi connectivity index (χ3v) is 7.30. The van der Waals surface area contributed by atoms with Crippen molar-refractivity contribution >= 4 is 33.2 Å². The molecule has 0 saturated carbocycles. The molecule has 168 valence electrons. The van der Waals surface area contributed by atoms with Crippen molar-refractivity contribution < 1.29 is 13.2 Å². The standard InChI is InChI=1S/C25H27ClN2O3S/c1-17-5-10-21(11-6-17)20(4)27-25(29)16-28(24-15-22(26)12-9-19(24)3)32(30,31)23-13-7-18(2)8-14-23/h5-15,20H,16H2,1-4H3,(H,27,29)/t20-/m0/s1. The van der Waals surface area contributed by atoms with Crippen molar-refractivity contribution in [2.24, 2.45) is 0 Å². The number of hydrogen-bond acceptors (Lipinski definition) is 3. The van der Waals surface area contributed by atoms with E-state index in [-0.39, 0.29) is 17.5 Å². The van der Waals surface area contributed by atoms with Gasteiger partial charge in [-0.15, -0.1) is 0 Å². The maximum atomic E-state index is 13.5. The lowest BCUT2D eigenvalue weighted by Crippen LogP contribution is -2.42. The monoisotopic (exact) mass is 470 g/mol. The second-order valence-electron chi connectivity index (χ2n) is 7.96. The molecule has 1 N–H and O–H groups in total. The van der Waals surface area contributed by atoms with Crippen molar-refractivity contribution in [3.8, 4) is 0 Å². The minimum Gasteiger partial charge on any atom is -0.348 e. The minimum absolute atomic E-state index is 0.113. The first-order valence-electron chi connectivity index (χ1n) is 10.3. The number of carbonyl (C=O) groups is 1. The smallest absolute Gasteiger partial charge is 0.264 e. The quantitative estimate of drug-likeness (QED) is 0.507. The summed E-state index contributed by atoms with van der Waals surface area (Å²) in [4.78, 5) is 13.1. The molecule has 0 saturated heterocycles. The number of halogens is 1. The van der Waals surface area contributed by atoms with E-state index in [1.807, 2.05) is 45.0 Å². The maximum absolute atomic E-state index is 13.5. The number of carbonyl (C=O) groups excluding carboxylic acids is 1. The number of aryl methyl sites for hydroxylation is 3. The highest BCUT2D eigenvalue weighted by atomic mass is 35.5. The summed E-state index contributed by atoms with van der Waals surface area (Å²) in [5, 5.41) is 3.30. The lowest BCUT2D eigenvalue weighted by atomic mass is 10.1. The normalized spacial score (nSPS) is 12.3. The Balaban J connectivity index is 1.94. The summed E-state index contributed by atoms with van der Waals surface area (Å²) in [6.07, 6.45) is 0. The van der Waals surface area contributed by atoms with Crippen LogP contribution in [0, 0.1) is 20.8 Å². The average molecular weight is 471 g/mol. The Morgan fingerprint density at radius 3 is 2.09 bits per heavy atom. The molecule has 1 atom stereocenters. The van der Waals surface area contributed by atoms with E-state index in [1.54, 1.807) is 49.4 Å². The Bertz CT molecular complexity index is 1210. The zero-order valence-electron chi connectivity index (χ0n) is 18.6. The van der Waals surface area contributed by atoms with Crippen LogP contribution in [0.4, 0.5) is 5.69 Å². The molecule has 0 aromatic heterocycles. The molecule has 0 aliphatic heterocycles. The van der Waals surface area contributed by atoms with Crippen molar-refractivity contribution in [2.75, 3.05) is 10.8 Å². The van der Waals surface area contributed by atoms with Gasteiger partial charge in [0.05, 0.1) is 16.6 Å². The zero-order valence-corrected chi connectivity index (χ0v) is 20.2. The van der Waals surface area contributed by atoms with Gasteiger partial charge in [-0.25, -0.2) is 8.42 Å². The van der Waals surface area contributed by atoms with Gasteiger partial charge in [0.15, 0.2) is 0 Å². The Labute approximate surface area is 195 Å². The Hall–Kier alpha value is -2.83. The lowest BCUT2D eigenvalue weighted by Gasteiger charge is -2.26. The topological polar surface area (TPSA) is 66.5 Å². The van der Waals surface area contributed by atoms with Crippen LogP contribution in [0.2, 0.25) is 5.02 Å². The summed E-state index contributed by atoms with van der Waals surface area (Å²) in [7, 11) is -4.00. The third-order valence-electron chi connectivity index (χ3n) is 5.29. The van der Waals surface area contributed by atoms with Gasteiger partial charge in [-0.1, -0.05) is 65.2 Å². The van der Waals surface area contributed by atoms with Crippen molar-refractivity contribution in [3.05, 3.63) is 94.0 Å². The van der Waals surface area contributed by atoms with Gasteiger partial charge in [0.1, 0.15) is 6.54 Å². The molecule has 0 spiro atoms. The predicted molar refractivity (Wildman–Crippen MR) is 130 cm³/mol. The molecule has 0 bridgehead atoms. The fraction of sp³-hybridized carbons (Fsp3) is 0.240. The van der Waals surface area contributed by atoms with Crippen molar-refractivity contribution in [1.29, 1.82) is 0 Å². The van der Waals surface area contributed by atoms with Crippen LogP contribution in [0.25, 0.3) is 0 Å². The van der Waals surface area contributed by atoms with Crippen LogP contribution < -0.4 is 9.62 Å². The van der Waals surface area contributed by atoms with E-state index in [0.717, 1.165) is 21.0 Å². The van der Waals surface area contributed by atoms with Crippen LogP contribution in [0.15, 0.2) is 71.6 Å². The van der Waals surface area contributed by atoms with Crippen LogP contribution in [-0.2, 0) is 14.8 Å². The summed E-state index contributed by atoms with van der Waals surface area (Å²) in [5.74, 6) is -0.409. The SMILES string of the molecule is Cc1ccc([C@H](C)NC(=O)CN(c2cc(Cl)ccc2C)S(=O)(=O)c2ccc(C)cc2)cc1. The highest BCUT2D eigenvalue weighted by Gasteiger charge is 2.29. The molecule has 7 heteroatoms. The second kappa shape index (κ2) is 9.76. The molecule has 0 aliphatic carbocycles. The highest BCUT2D eigenvalue weighted by Crippen LogP contribution is 2.29. The summed E-state index contributed by atoms with van der Waals surface area (Å²) in [5.41, 5.74) is 4.08. The first-order valence-corrected chi connectivity index (χ1v) is 12.1. The van der Waals surface area contributed by atoms with Crippen LogP contribution in [0.3, 0.4) is 0 Å². The second-order valence-corrected chi connectivity index (χ2v) is 10.3. The fourth-order valence-corrected chi connectivity index (χ4v) is 4.99. The summed E-state index contributed by atoms with van der Waals surface area (Å²) < 4.78 is 28.2. The van der Waals surface area contributed by atoms with Gasteiger partial charge in [0, 0.05) is 5.02 Å². The predicted octanol–water partition coefficient (Wildman–Crippen LogP) is 5.34. The van der Waals surface area contributed by atoms with Crippen molar-refractivity contribution in [3.63, 3.8) is 0 Å². The molecular weight excluding hydrogens is 444 g/mol. The largest absolute Gasteiger partial charge is 0.348 e. The molecule has 5 nitrogen and oxygen atoms in total. The van der Waals surface area contributed by atoms with Crippen LogP contribution in [-0.4, -0.2) is 20.9 Å². The number of rotatable bonds is 7. The number of amides is 1. The Morgan fingerprint density at radius 2 is 1.50 bits per heavy atom. The van der Waals surface area contributed by atoms with E-state index in [0.29, 0.717) is 16.3 Å². The maximum Gasteiger partial charge on any atom is 0.264 e. The average Bonchev–Trinajstić information content (AvgIpc) is 2.74. The van der Waals surface area contributed by atoms with E-state index in [2.05, 4.69) is 5.32 Å². The van der Waals surface area contributed by atoms with Crippen LogP contribution in [0.1, 0.15) is 35.2 Å². The number of benzene rings is 3. The molecule has 0 fully saturated rings. The molecule has 0 aliphatic rings. The van der Waals surface area contributed by atoms with Gasteiger partial charge in [-0.05, 0) is 63.1 Å². The lowest BCUT2D eigenvalue weighted by molar-refractivity contribution is -0.120. The molecule has 3 aromatic rings. The number of anilines is 1. The Morgan fingerprint density at radius 1 is 0.938 bits per heavy atom.